The molecule has 0 fully saturated rings. The lowest BCUT2D eigenvalue weighted by Gasteiger charge is -2.18. The molecule has 124 valence electrons. The molecule has 0 radical (unpaired) electrons. The summed E-state index contributed by atoms with van der Waals surface area (Å²) < 4.78 is 10.8. The number of carbonyl (C=O) groups excluding carboxylic acids is 1. The van der Waals surface area contributed by atoms with Crippen LogP contribution in [0.25, 0.3) is 6.08 Å². The van der Waals surface area contributed by atoms with Crippen molar-refractivity contribution in [3.05, 3.63) is 69.8 Å². The van der Waals surface area contributed by atoms with Crippen LogP contribution < -0.4 is 10.1 Å². The van der Waals surface area contributed by atoms with E-state index < -0.39 is 0 Å². The summed E-state index contributed by atoms with van der Waals surface area (Å²) in [6.45, 7) is 1.21. The van der Waals surface area contributed by atoms with Crippen molar-refractivity contribution in [1.29, 1.82) is 0 Å². The maximum absolute atomic E-state index is 12.4. The fraction of sp³-hybridized carbons (Fsp3) is 0.211. The van der Waals surface area contributed by atoms with Gasteiger partial charge in [0.05, 0.1) is 12.2 Å². The van der Waals surface area contributed by atoms with Crippen LogP contribution in [0.4, 0.5) is 0 Å². The van der Waals surface area contributed by atoms with Crippen molar-refractivity contribution >= 4 is 23.6 Å². The maximum atomic E-state index is 12.4. The van der Waals surface area contributed by atoms with Gasteiger partial charge in [0.25, 0.3) is 5.91 Å². The third-order valence-corrected chi connectivity index (χ3v) is 4.07. The quantitative estimate of drug-likeness (QED) is 0.902. The van der Waals surface area contributed by atoms with Crippen LogP contribution in [-0.2, 0) is 22.7 Å². The summed E-state index contributed by atoms with van der Waals surface area (Å²) in [7, 11) is 1.65. The second-order valence-corrected chi connectivity index (χ2v) is 5.96. The Kier molecular flexibility index (Phi) is 5.18. The number of hydrogen-bond donors (Lipinski definition) is 1. The zero-order valence-electron chi connectivity index (χ0n) is 13.3. The summed E-state index contributed by atoms with van der Waals surface area (Å²) in [4.78, 5) is 12.4. The Morgan fingerprint density at radius 1 is 1.25 bits per heavy atom. The van der Waals surface area contributed by atoms with E-state index in [1.54, 1.807) is 19.2 Å². The van der Waals surface area contributed by atoms with Gasteiger partial charge in [0.15, 0.2) is 0 Å². The van der Waals surface area contributed by atoms with Gasteiger partial charge in [-0.25, -0.2) is 0 Å². The third-order valence-electron chi connectivity index (χ3n) is 3.83. The standard InChI is InChI=1S/C19H18ClNO3/c1-23-11-14-5-3-2-4-13(14)10-21-19(22)16-8-15-9-17(20)6-7-18(15)24-12-16/h2-9H,10-12H2,1H3,(H,21,22). The molecule has 1 heterocycles. The highest BCUT2D eigenvalue weighted by Gasteiger charge is 2.17. The number of hydrogen-bond acceptors (Lipinski definition) is 3. The molecule has 0 spiro atoms. The predicted octanol–water partition coefficient (Wildman–Crippen LogP) is 3.58. The van der Waals surface area contributed by atoms with Crippen molar-refractivity contribution in [3.63, 3.8) is 0 Å². The van der Waals surface area contributed by atoms with E-state index in [-0.39, 0.29) is 12.5 Å². The SMILES string of the molecule is COCc1ccccc1CNC(=O)C1=Cc2cc(Cl)ccc2OC1. The second kappa shape index (κ2) is 7.51. The van der Waals surface area contributed by atoms with Crippen molar-refractivity contribution in [2.75, 3.05) is 13.7 Å². The van der Waals surface area contributed by atoms with Gasteiger partial charge < -0.3 is 14.8 Å². The molecule has 0 saturated carbocycles. The minimum atomic E-state index is -0.146. The Morgan fingerprint density at radius 2 is 2.04 bits per heavy atom. The summed E-state index contributed by atoms with van der Waals surface area (Å²) in [5, 5.41) is 3.55. The average molecular weight is 344 g/mol. The molecule has 0 bridgehead atoms. The number of rotatable bonds is 5. The van der Waals surface area contributed by atoms with Crippen molar-refractivity contribution < 1.29 is 14.3 Å². The first-order valence-electron chi connectivity index (χ1n) is 7.64. The maximum Gasteiger partial charge on any atom is 0.250 e. The van der Waals surface area contributed by atoms with Crippen molar-refractivity contribution in [2.24, 2.45) is 0 Å². The molecule has 0 aliphatic carbocycles. The molecule has 2 aromatic rings. The van der Waals surface area contributed by atoms with Gasteiger partial charge in [0, 0.05) is 24.2 Å². The van der Waals surface area contributed by atoms with Gasteiger partial charge in [-0.2, -0.15) is 0 Å². The molecule has 5 heteroatoms. The first-order valence-corrected chi connectivity index (χ1v) is 8.02. The number of ether oxygens (including phenoxy) is 2. The van der Waals surface area contributed by atoms with Gasteiger partial charge in [-0.1, -0.05) is 35.9 Å². The van der Waals surface area contributed by atoms with Crippen LogP contribution in [0.5, 0.6) is 5.75 Å². The van der Waals surface area contributed by atoms with Gasteiger partial charge in [-0.05, 0) is 35.4 Å². The molecule has 2 aromatic carbocycles. The topological polar surface area (TPSA) is 47.6 Å². The zero-order chi connectivity index (χ0) is 16.9. The van der Waals surface area contributed by atoms with Crippen LogP contribution in [0.2, 0.25) is 5.02 Å². The molecule has 1 N–H and O–H groups in total. The van der Waals surface area contributed by atoms with E-state index in [1.165, 1.54) is 0 Å². The molecule has 3 rings (SSSR count). The van der Waals surface area contributed by atoms with Crippen LogP contribution in [-0.4, -0.2) is 19.6 Å². The Labute approximate surface area is 146 Å². The second-order valence-electron chi connectivity index (χ2n) is 5.52. The van der Waals surface area contributed by atoms with Gasteiger partial charge in [-0.15, -0.1) is 0 Å². The van der Waals surface area contributed by atoms with Crippen LogP contribution in [0.3, 0.4) is 0 Å². The van der Waals surface area contributed by atoms with Gasteiger partial charge in [0.2, 0.25) is 0 Å². The minimum absolute atomic E-state index is 0.146. The number of nitrogens with one attached hydrogen (secondary N) is 1. The fourth-order valence-corrected chi connectivity index (χ4v) is 2.78. The molecule has 24 heavy (non-hydrogen) atoms. The summed E-state index contributed by atoms with van der Waals surface area (Å²) in [6.07, 6.45) is 1.82. The number of fused-ring (bicyclic) bond motifs is 1. The predicted molar refractivity (Wildman–Crippen MR) is 93.9 cm³/mol. The Bertz CT molecular complexity index is 786. The smallest absolute Gasteiger partial charge is 0.250 e. The summed E-state index contributed by atoms with van der Waals surface area (Å²) in [5.41, 5.74) is 3.49. The van der Waals surface area contributed by atoms with Gasteiger partial charge >= 0.3 is 0 Å². The van der Waals surface area contributed by atoms with E-state index in [0.717, 1.165) is 22.4 Å². The molecule has 1 aliphatic rings. The van der Waals surface area contributed by atoms with Crippen LogP contribution in [0, 0.1) is 0 Å². The lowest BCUT2D eigenvalue weighted by atomic mass is 10.1. The van der Waals surface area contributed by atoms with Crippen LogP contribution in [0.15, 0.2) is 48.0 Å². The van der Waals surface area contributed by atoms with E-state index >= 15 is 0 Å². The molecule has 0 unspecified atom stereocenters. The summed E-state index contributed by atoms with van der Waals surface area (Å²) >= 11 is 6.00. The summed E-state index contributed by atoms with van der Waals surface area (Å²) in [6, 6.07) is 13.2. The molecule has 0 saturated heterocycles. The van der Waals surface area contributed by atoms with E-state index in [0.29, 0.717) is 23.7 Å². The van der Waals surface area contributed by atoms with Gasteiger partial charge in [0.1, 0.15) is 12.4 Å². The largest absolute Gasteiger partial charge is 0.488 e. The molecule has 0 aromatic heterocycles. The normalized spacial score (nSPS) is 12.8. The van der Waals surface area contributed by atoms with Crippen molar-refractivity contribution in [2.45, 2.75) is 13.2 Å². The lowest BCUT2D eigenvalue weighted by molar-refractivity contribution is -0.117. The molecular weight excluding hydrogens is 326 g/mol. The number of methoxy groups -OCH3 is 1. The number of carbonyl (C=O) groups is 1. The van der Waals surface area contributed by atoms with Crippen LogP contribution >= 0.6 is 11.6 Å². The Morgan fingerprint density at radius 3 is 2.83 bits per heavy atom. The van der Waals surface area contributed by atoms with E-state index in [9.17, 15) is 4.79 Å². The van der Waals surface area contributed by atoms with Crippen LogP contribution in [0.1, 0.15) is 16.7 Å². The molecule has 1 aliphatic heterocycles. The van der Waals surface area contributed by atoms with Gasteiger partial charge in [-0.3, -0.25) is 4.79 Å². The summed E-state index contributed by atoms with van der Waals surface area (Å²) in [5.74, 6) is 0.592. The van der Waals surface area contributed by atoms with Crippen molar-refractivity contribution in [3.8, 4) is 5.75 Å². The number of benzene rings is 2. The molecule has 4 nitrogen and oxygen atoms in total. The highest BCUT2D eigenvalue weighted by molar-refractivity contribution is 6.30. The molecular formula is C19H18ClNO3. The fourth-order valence-electron chi connectivity index (χ4n) is 2.59. The number of halogens is 1. The third kappa shape index (κ3) is 3.78. The molecule has 1 amide bonds. The highest BCUT2D eigenvalue weighted by atomic mass is 35.5. The lowest BCUT2D eigenvalue weighted by Crippen LogP contribution is -2.28. The average Bonchev–Trinajstić information content (AvgIpc) is 2.60. The van der Waals surface area contributed by atoms with E-state index in [2.05, 4.69) is 5.32 Å². The first-order chi connectivity index (χ1) is 11.7. The van der Waals surface area contributed by atoms with Crippen molar-refractivity contribution in [1.82, 2.24) is 5.32 Å². The number of amides is 1. The Balaban J connectivity index is 1.70. The zero-order valence-corrected chi connectivity index (χ0v) is 14.1. The highest BCUT2D eigenvalue weighted by Crippen LogP contribution is 2.29. The van der Waals surface area contributed by atoms with E-state index in [1.807, 2.05) is 36.4 Å². The monoisotopic (exact) mass is 343 g/mol. The Hall–Kier alpha value is -2.30. The van der Waals surface area contributed by atoms with E-state index in [4.69, 9.17) is 21.1 Å². The minimum Gasteiger partial charge on any atom is -0.488 e. The first kappa shape index (κ1) is 16.6. The molecule has 0 atom stereocenters.